The van der Waals surface area contributed by atoms with E-state index in [1.54, 1.807) is 24.3 Å². The summed E-state index contributed by atoms with van der Waals surface area (Å²) in [4.78, 5) is 0. The highest BCUT2D eigenvalue weighted by atomic mass is 35.5. The summed E-state index contributed by atoms with van der Waals surface area (Å²) in [6.07, 6.45) is 0.483. The molecule has 2 nitrogen and oxygen atoms in total. The van der Waals surface area contributed by atoms with E-state index in [1.807, 2.05) is 0 Å². The molecule has 0 aromatic heterocycles. The average Bonchev–Trinajstić information content (AvgIpc) is 2.39. The second-order valence-electron chi connectivity index (χ2n) is 4.32. The summed E-state index contributed by atoms with van der Waals surface area (Å²) >= 11 is 18.1. The molecule has 0 saturated carbocycles. The van der Waals surface area contributed by atoms with Gasteiger partial charge >= 0.3 is 0 Å². The van der Waals surface area contributed by atoms with Crippen LogP contribution in [-0.4, -0.2) is 0 Å². The maximum atomic E-state index is 13.0. The Kier molecular flexibility index (Phi) is 5.24. The van der Waals surface area contributed by atoms with Gasteiger partial charge in [-0.05, 0) is 41.8 Å². The van der Waals surface area contributed by atoms with Crippen molar-refractivity contribution >= 4 is 34.8 Å². The van der Waals surface area contributed by atoms with Crippen molar-refractivity contribution in [2.24, 2.45) is 5.84 Å². The third-order valence-corrected chi connectivity index (χ3v) is 3.89. The number of hydrazine groups is 1. The third-order valence-electron chi connectivity index (χ3n) is 2.98. The molecule has 2 aromatic rings. The lowest BCUT2D eigenvalue weighted by molar-refractivity contribution is 0.551. The van der Waals surface area contributed by atoms with Crippen molar-refractivity contribution in [2.75, 3.05) is 0 Å². The van der Waals surface area contributed by atoms with Crippen molar-refractivity contribution in [2.45, 2.75) is 12.5 Å². The van der Waals surface area contributed by atoms with Crippen LogP contribution in [0.3, 0.4) is 0 Å². The van der Waals surface area contributed by atoms with Gasteiger partial charge in [-0.3, -0.25) is 11.3 Å². The molecule has 1 atom stereocenters. The van der Waals surface area contributed by atoms with Gasteiger partial charge in [0.2, 0.25) is 0 Å². The molecule has 0 fully saturated rings. The lowest BCUT2D eigenvalue weighted by Gasteiger charge is -2.18. The van der Waals surface area contributed by atoms with Gasteiger partial charge in [0.15, 0.2) is 0 Å². The first-order chi connectivity index (χ1) is 9.51. The van der Waals surface area contributed by atoms with E-state index in [2.05, 4.69) is 5.43 Å². The summed E-state index contributed by atoms with van der Waals surface area (Å²) in [7, 11) is 0. The van der Waals surface area contributed by atoms with Gasteiger partial charge < -0.3 is 0 Å². The molecule has 0 spiro atoms. The van der Waals surface area contributed by atoms with E-state index in [4.69, 9.17) is 40.6 Å². The zero-order valence-corrected chi connectivity index (χ0v) is 12.6. The zero-order chi connectivity index (χ0) is 14.7. The molecule has 6 heteroatoms. The van der Waals surface area contributed by atoms with Gasteiger partial charge in [-0.2, -0.15) is 0 Å². The van der Waals surface area contributed by atoms with E-state index in [9.17, 15) is 4.39 Å². The van der Waals surface area contributed by atoms with Crippen molar-refractivity contribution < 1.29 is 4.39 Å². The predicted molar refractivity (Wildman–Crippen MR) is 81.6 cm³/mol. The first kappa shape index (κ1) is 15.5. The molecule has 106 valence electrons. The number of nitrogens with one attached hydrogen (secondary N) is 1. The molecule has 0 aliphatic heterocycles. The summed E-state index contributed by atoms with van der Waals surface area (Å²) in [5, 5.41) is 1.42. The van der Waals surface area contributed by atoms with Crippen LogP contribution < -0.4 is 11.3 Å². The lowest BCUT2D eigenvalue weighted by atomic mass is 9.99. The second kappa shape index (κ2) is 6.74. The molecule has 2 rings (SSSR count). The summed E-state index contributed by atoms with van der Waals surface area (Å²) in [6.45, 7) is 0. The van der Waals surface area contributed by atoms with Crippen LogP contribution in [0.4, 0.5) is 4.39 Å². The number of rotatable bonds is 4. The molecular weight excluding hydrogens is 322 g/mol. The molecule has 3 N–H and O–H groups in total. The molecule has 0 amide bonds. The molecule has 0 radical (unpaired) electrons. The third kappa shape index (κ3) is 3.62. The van der Waals surface area contributed by atoms with Crippen LogP contribution in [0.5, 0.6) is 0 Å². The number of halogens is 4. The van der Waals surface area contributed by atoms with Crippen LogP contribution in [0.25, 0.3) is 0 Å². The monoisotopic (exact) mass is 332 g/mol. The second-order valence-corrected chi connectivity index (χ2v) is 5.58. The summed E-state index contributed by atoms with van der Waals surface area (Å²) in [6, 6.07) is 9.20. The lowest BCUT2D eigenvalue weighted by Crippen LogP contribution is -2.29. The SMILES string of the molecule is NNC(Cc1ccc(F)cc1Cl)c1ccc(Cl)cc1Cl. The Morgan fingerprint density at radius 2 is 1.80 bits per heavy atom. The maximum absolute atomic E-state index is 13.0. The molecule has 0 aliphatic rings. The van der Waals surface area contributed by atoms with Crippen molar-refractivity contribution in [1.82, 2.24) is 5.43 Å². The highest BCUT2D eigenvalue weighted by Gasteiger charge is 2.16. The summed E-state index contributed by atoms with van der Waals surface area (Å²) in [5.74, 6) is 5.21. The minimum Gasteiger partial charge on any atom is -0.271 e. The van der Waals surface area contributed by atoms with E-state index in [1.165, 1.54) is 12.1 Å². The fraction of sp³-hybridized carbons (Fsp3) is 0.143. The van der Waals surface area contributed by atoms with Crippen molar-refractivity contribution in [1.29, 1.82) is 0 Å². The van der Waals surface area contributed by atoms with Gasteiger partial charge in [-0.1, -0.05) is 46.9 Å². The Bertz CT molecular complexity index is 619. The number of hydrogen-bond acceptors (Lipinski definition) is 2. The largest absolute Gasteiger partial charge is 0.271 e. The van der Waals surface area contributed by atoms with E-state index >= 15 is 0 Å². The van der Waals surface area contributed by atoms with Crippen molar-refractivity contribution in [3.8, 4) is 0 Å². The Morgan fingerprint density at radius 3 is 2.40 bits per heavy atom. The Balaban J connectivity index is 2.28. The summed E-state index contributed by atoms with van der Waals surface area (Å²) in [5.41, 5.74) is 4.27. The van der Waals surface area contributed by atoms with E-state index < -0.39 is 0 Å². The van der Waals surface area contributed by atoms with E-state index in [0.29, 0.717) is 21.5 Å². The van der Waals surface area contributed by atoms with Gasteiger partial charge in [-0.25, -0.2) is 4.39 Å². The van der Waals surface area contributed by atoms with Crippen LogP contribution >= 0.6 is 34.8 Å². The molecule has 20 heavy (non-hydrogen) atoms. The van der Waals surface area contributed by atoms with Crippen LogP contribution in [0.15, 0.2) is 36.4 Å². The fourth-order valence-corrected chi connectivity index (χ4v) is 2.73. The standard InChI is InChI=1S/C14H12Cl3FN2/c15-9-2-4-11(13(17)6-9)14(20-19)5-8-1-3-10(18)7-12(8)16/h1-4,6-7,14,20H,5,19H2. The number of benzene rings is 2. The molecule has 1 unspecified atom stereocenters. The zero-order valence-electron chi connectivity index (χ0n) is 10.3. The van der Waals surface area contributed by atoms with Crippen LogP contribution in [-0.2, 0) is 6.42 Å². The average molecular weight is 334 g/mol. The van der Waals surface area contributed by atoms with Crippen molar-refractivity contribution in [3.63, 3.8) is 0 Å². The molecular formula is C14H12Cl3FN2. The summed E-state index contributed by atoms with van der Waals surface area (Å²) < 4.78 is 13.0. The molecule has 0 bridgehead atoms. The van der Waals surface area contributed by atoms with Crippen LogP contribution in [0.2, 0.25) is 15.1 Å². The Hall–Kier alpha value is -0.840. The maximum Gasteiger partial charge on any atom is 0.124 e. The normalized spacial score (nSPS) is 12.4. The van der Waals surface area contributed by atoms with E-state index in [-0.39, 0.29) is 11.9 Å². The Morgan fingerprint density at radius 1 is 1.05 bits per heavy atom. The fourth-order valence-electron chi connectivity index (χ4n) is 1.95. The Labute approximate surface area is 131 Å². The first-order valence-electron chi connectivity index (χ1n) is 5.86. The molecule has 2 aromatic carbocycles. The number of nitrogens with two attached hydrogens (primary N) is 1. The molecule has 0 aliphatic carbocycles. The van der Waals surface area contributed by atoms with Crippen LogP contribution in [0.1, 0.15) is 17.2 Å². The first-order valence-corrected chi connectivity index (χ1v) is 6.99. The van der Waals surface area contributed by atoms with Gasteiger partial charge in [0, 0.05) is 15.1 Å². The molecule has 0 heterocycles. The van der Waals surface area contributed by atoms with Crippen LogP contribution in [0, 0.1) is 5.82 Å². The highest BCUT2D eigenvalue weighted by molar-refractivity contribution is 6.35. The highest BCUT2D eigenvalue weighted by Crippen LogP contribution is 2.30. The van der Waals surface area contributed by atoms with Gasteiger partial charge in [0.05, 0.1) is 6.04 Å². The smallest absolute Gasteiger partial charge is 0.124 e. The number of hydrogen-bond donors (Lipinski definition) is 2. The van der Waals surface area contributed by atoms with Crippen molar-refractivity contribution in [3.05, 3.63) is 68.4 Å². The minimum absolute atomic E-state index is 0.247. The van der Waals surface area contributed by atoms with Gasteiger partial charge in [0.25, 0.3) is 0 Å². The minimum atomic E-state index is -0.375. The molecule has 0 saturated heterocycles. The predicted octanol–water partition coefficient (Wildman–Crippen LogP) is 4.53. The van der Waals surface area contributed by atoms with E-state index in [0.717, 1.165) is 11.1 Å². The van der Waals surface area contributed by atoms with Gasteiger partial charge in [0.1, 0.15) is 5.82 Å². The topological polar surface area (TPSA) is 38.0 Å². The van der Waals surface area contributed by atoms with Gasteiger partial charge in [-0.15, -0.1) is 0 Å². The quantitative estimate of drug-likeness (QED) is 0.637.